The lowest BCUT2D eigenvalue weighted by atomic mass is 10.1. The van der Waals surface area contributed by atoms with Crippen LogP contribution in [0.1, 0.15) is 15.9 Å². The van der Waals surface area contributed by atoms with Crippen LogP contribution in [0.5, 0.6) is 5.75 Å². The summed E-state index contributed by atoms with van der Waals surface area (Å²) >= 11 is 0. The van der Waals surface area contributed by atoms with Gasteiger partial charge in [-0.05, 0) is 30.7 Å². The van der Waals surface area contributed by atoms with Gasteiger partial charge in [-0.15, -0.1) is 17.0 Å². The van der Waals surface area contributed by atoms with Crippen LogP contribution in [0.2, 0.25) is 0 Å². The zero-order valence-electron chi connectivity index (χ0n) is 7.43. The predicted molar refractivity (Wildman–Crippen MR) is 58.1 cm³/mol. The van der Waals surface area contributed by atoms with E-state index in [1.54, 1.807) is 6.07 Å². The van der Waals surface area contributed by atoms with E-state index in [2.05, 4.69) is 0 Å². The topological polar surface area (TPSA) is 83.6 Å². The molecular formula is C9H12BrNO3. The number of aromatic carboxylic acids is 1. The molecular weight excluding hydrogens is 250 g/mol. The number of carbonyl (C=O) groups is 1. The van der Waals surface area contributed by atoms with Crippen LogP contribution in [0.15, 0.2) is 18.2 Å². The van der Waals surface area contributed by atoms with Gasteiger partial charge >= 0.3 is 5.97 Å². The van der Waals surface area contributed by atoms with Crippen molar-refractivity contribution >= 4 is 23.0 Å². The molecule has 0 saturated carbocycles. The van der Waals surface area contributed by atoms with Gasteiger partial charge in [0.2, 0.25) is 0 Å². The van der Waals surface area contributed by atoms with Gasteiger partial charge in [0.15, 0.2) is 0 Å². The largest absolute Gasteiger partial charge is 0.508 e. The van der Waals surface area contributed by atoms with E-state index in [0.29, 0.717) is 18.5 Å². The number of phenolic OH excluding ortho intramolecular Hbond substituents is 1. The molecule has 0 radical (unpaired) electrons. The third-order valence-electron chi connectivity index (χ3n) is 1.75. The number of carboxylic acids is 1. The Morgan fingerprint density at radius 3 is 2.50 bits per heavy atom. The van der Waals surface area contributed by atoms with Crippen molar-refractivity contribution in [2.24, 2.45) is 5.73 Å². The van der Waals surface area contributed by atoms with E-state index in [1.165, 1.54) is 12.1 Å². The van der Waals surface area contributed by atoms with Crippen LogP contribution in [-0.2, 0) is 6.42 Å². The van der Waals surface area contributed by atoms with Crippen LogP contribution >= 0.6 is 17.0 Å². The number of benzene rings is 1. The minimum absolute atomic E-state index is 0. The molecule has 1 aromatic carbocycles. The second-order valence-electron chi connectivity index (χ2n) is 2.69. The number of nitrogens with two attached hydrogens (primary N) is 1. The summed E-state index contributed by atoms with van der Waals surface area (Å²) in [5, 5.41) is 17.9. The Balaban J connectivity index is 0.00000169. The third kappa shape index (κ3) is 3.01. The Hall–Kier alpha value is -1.07. The second-order valence-corrected chi connectivity index (χ2v) is 2.69. The number of halogens is 1. The maximum absolute atomic E-state index is 10.5. The Morgan fingerprint density at radius 1 is 1.43 bits per heavy atom. The lowest BCUT2D eigenvalue weighted by Gasteiger charge is -2.03. The van der Waals surface area contributed by atoms with Crippen molar-refractivity contribution in [2.75, 3.05) is 6.54 Å². The molecule has 0 bridgehead atoms. The Bertz CT molecular complexity index is 328. The Morgan fingerprint density at radius 2 is 2.07 bits per heavy atom. The number of phenols is 1. The summed E-state index contributed by atoms with van der Waals surface area (Å²) in [4.78, 5) is 10.5. The summed E-state index contributed by atoms with van der Waals surface area (Å²) in [7, 11) is 0. The summed E-state index contributed by atoms with van der Waals surface area (Å²) in [5.41, 5.74) is 6.06. The smallest absolute Gasteiger partial charge is 0.335 e. The fourth-order valence-electron chi connectivity index (χ4n) is 1.06. The first-order chi connectivity index (χ1) is 6.15. The van der Waals surface area contributed by atoms with Crippen molar-refractivity contribution in [3.05, 3.63) is 29.3 Å². The molecule has 0 aliphatic carbocycles. The molecule has 1 rings (SSSR count). The monoisotopic (exact) mass is 261 g/mol. The lowest BCUT2D eigenvalue weighted by Crippen LogP contribution is -2.03. The van der Waals surface area contributed by atoms with Crippen LogP contribution < -0.4 is 5.73 Å². The van der Waals surface area contributed by atoms with Crippen molar-refractivity contribution in [1.29, 1.82) is 0 Å². The van der Waals surface area contributed by atoms with Gasteiger partial charge in [-0.2, -0.15) is 0 Å². The van der Waals surface area contributed by atoms with E-state index in [0.717, 1.165) is 0 Å². The summed E-state index contributed by atoms with van der Waals surface area (Å²) < 4.78 is 0. The quantitative estimate of drug-likeness (QED) is 0.763. The van der Waals surface area contributed by atoms with Crippen molar-refractivity contribution in [1.82, 2.24) is 0 Å². The van der Waals surface area contributed by atoms with Gasteiger partial charge in [0.25, 0.3) is 0 Å². The van der Waals surface area contributed by atoms with Gasteiger partial charge in [-0.25, -0.2) is 4.79 Å². The van der Waals surface area contributed by atoms with Gasteiger partial charge in [0, 0.05) is 0 Å². The molecule has 0 saturated heterocycles. The Labute approximate surface area is 92.1 Å². The van der Waals surface area contributed by atoms with Crippen molar-refractivity contribution < 1.29 is 15.0 Å². The summed E-state index contributed by atoms with van der Waals surface area (Å²) in [6.07, 6.45) is 0.547. The van der Waals surface area contributed by atoms with Gasteiger partial charge in [-0.1, -0.05) is 6.07 Å². The molecule has 78 valence electrons. The molecule has 0 fully saturated rings. The third-order valence-corrected chi connectivity index (χ3v) is 1.75. The summed E-state index contributed by atoms with van der Waals surface area (Å²) in [6.45, 7) is 0.431. The first kappa shape index (κ1) is 12.9. The fourth-order valence-corrected chi connectivity index (χ4v) is 1.06. The van der Waals surface area contributed by atoms with E-state index >= 15 is 0 Å². The van der Waals surface area contributed by atoms with E-state index in [-0.39, 0.29) is 28.3 Å². The average Bonchev–Trinajstić information content (AvgIpc) is 2.08. The molecule has 0 aliphatic heterocycles. The first-order valence-electron chi connectivity index (χ1n) is 3.90. The number of aromatic hydroxyl groups is 1. The maximum atomic E-state index is 10.5. The van der Waals surface area contributed by atoms with E-state index in [9.17, 15) is 9.90 Å². The zero-order valence-corrected chi connectivity index (χ0v) is 9.15. The molecule has 14 heavy (non-hydrogen) atoms. The van der Waals surface area contributed by atoms with Crippen LogP contribution in [-0.4, -0.2) is 22.7 Å². The highest BCUT2D eigenvalue weighted by molar-refractivity contribution is 8.93. The molecule has 4 N–H and O–H groups in total. The molecule has 1 aromatic rings. The molecule has 0 atom stereocenters. The first-order valence-corrected chi connectivity index (χ1v) is 3.90. The fraction of sp³-hybridized carbons (Fsp3) is 0.222. The predicted octanol–water partition coefficient (Wildman–Crippen LogP) is 1.17. The summed E-state index contributed by atoms with van der Waals surface area (Å²) in [5.74, 6) is -1.06. The lowest BCUT2D eigenvalue weighted by molar-refractivity contribution is 0.0696. The number of hydrogen-bond donors (Lipinski definition) is 3. The van der Waals surface area contributed by atoms with Crippen LogP contribution in [0.3, 0.4) is 0 Å². The van der Waals surface area contributed by atoms with Gasteiger partial charge < -0.3 is 15.9 Å². The Kier molecular flexibility index (Phi) is 5.19. The van der Waals surface area contributed by atoms with E-state index in [4.69, 9.17) is 10.8 Å². The molecule has 0 unspecified atom stereocenters. The molecule has 0 heterocycles. The zero-order chi connectivity index (χ0) is 9.84. The van der Waals surface area contributed by atoms with E-state index < -0.39 is 5.97 Å². The highest BCUT2D eigenvalue weighted by Gasteiger charge is 2.06. The van der Waals surface area contributed by atoms with Gasteiger partial charge in [0.1, 0.15) is 5.75 Å². The van der Waals surface area contributed by atoms with Crippen LogP contribution in [0, 0.1) is 0 Å². The van der Waals surface area contributed by atoms with Crippen molar-refractivity contribution in [3.63, 3.8) is 0 Å². The number of rotatable bonds is 3. The minimum Gasteiger partial charge on any atom is -0.508 e. The molecule has 0 amide bonds. The summed E-state index contributed by atoms with van der Waals surface area (Å²) in [6, 6.07) is 4.26. The van der Waals surface area contributed by atoms with Crippen molar-refractivity contribution in [2.45, 2.75) is 6.42 Å². The van der Waals surface area contributed by atoms with Gasteiger partial charge in [-0.3, -0.25) is 0 Å². The average molecular weight is 262 g/mol. The van der Waals surface area contributed by atoms with E-state index in [1.807, 2.05) is 0 Å². The molecule has 0 aromatic heterocycles. The highest BCUT2D eigenvalue weighted by atomic mass is 79.9. The number of hydrogen-bond acceptors (Lipinski definition) is 3. The van der Waals surface area contributed by atoms with Crippen LogP contribution in [0.4, 0.5) is 0 Å². The molecule has 5 heteroatoms. The van der Waals surface area contributed by atoms with Gasteiger partial charge in [0.05, 0.1) is 5.56 Å². The highest BCUT2D eigenvalue weighted by Crippen LogP contribution is 2.18. The standard InChI is InChI=1S/C9H11NO3.BrH/c10-4-3-6-1-2-7(9(12)13)5-8(6)11;/h1-2,5,11H,3-4,10H2,(H,12,13);1H. The maximum Gasteiger partial charge on any atom is 0.335 e. The molecule has 0 spiro atoms. The minimum atomic E-state index is -1.05. The molecule has 4 nitrogen and oxygen atoms in total. The number of carboxylic acid groups (broad SMARTS) is 1. The normalized spacial score (nSPS) is 9.21. The second kappa shape index (κ2) is 5.62. The van der Waals surface area contributed by atoms with Crippen LogP contribution in [0.25, 0.3) is 0 Å². The van der Waals surface area contributed by atoms with Crippen molar-refractivity contribution in [3.8, 4) is 5.75 Å². The SMILES string of the molecule is Br.NCCc1ccc(C(=O)O)cc1O. The molecule has 0 aliphatic rings.